The molecule has 3 rings (SSSR count). The Bertz CT molecular complexity index is 545. The summed E-state index contributed by atoms with van der Waals surface area (Å²) in [5.41, 5.74) is 0. The fraction of sp³-hybridized carbons (Fsp3) is 0.643. The number of carbonyl (C=O) groups is 1. The minimum absolute atomic E-state index is 0.156. The minimum atomic E-state index is -0.797. The van der Waals surface area contributed by atoms with Crippen LogP contribution in [0.15, 0.2) is 16.7 Å². The van der Waals surface area contributed by atoms with Gasteiger partial charge in [0.05, 0.1) is 17.9 Å². The van der Waals surface area contributed by atoms with E-state index in [2.05, 4.69) is 22.1 Å². The van der Waals surface area contributed by atoms with Gasteiger partial charge in [-0.15, -0.1) is 0 Å². The van der Waals surface area contributed by atoms with Crippen LogP contribution in [-0.2, 0) is 4.79 Å². The second-order valence-corrected chi connectivity index (χ2v) is 6.71. The van der Waals surface area contributed by atoms with Gasteiger partial charge in [0.1, 0.15) is 0 Å². The van der Waals surface area contributed by atoms with Crippen molar-refractivity contribution in [1.82, 2.24) is 15.0 Å². The highest BCUT2D eigenvalue weighted by Crippen LogP contribution is 2.35. The molecular formula is C14H19N3O3S. The van der Waals surface area contributed by atoms with Gasteiger partial charge in [-0.25, -0.2) is 0 Å². The lowest BCUT2D eigenvalue weighted by molar-refractivity contribution is -0.142. The molecule has 0 saturated carbocycles. The maximum Gasteiger partial charge on any atom is 0.307 e. The maximum absolute atomic E-state index is 11.4. The van der Waals surface area contributed by atoms with Crippen molar-refractivity contribution in [1.29, 1.82) is 0 Å². The third-order valence-electron chi connectivity index (χ3n) is 4.22. The zero-order chi connectivity index (χ0) is 14.8. The summed E-state index contributed by atoms with van der Waals surface area (Å²) < 4.78 is 5.39. The molecule has 1 aliphatic heterocycles. The monoisotopic (exact) mass is 309 g/mol. The summed E-state index contributed by atoms with van der Waals surface area (Å²) in [6, 6.07) is 0.156. The summed E-state index contributed by atoms with van der Waals surface area (Å²) in [5.74, 6) is 1.73. The molecule has 114 valence electrons. The van der Waals surface area contributed by atoms with Gasteiger partial charge in [-0.3, -0.25) is 9.69 Å². The van der Waals surface area contributed by atoms with Gasteiger partial charge < -0.3 is 9.63 Å². The van der Waals surface area contributed by atoms with Gasteiger partial charge in [0.25, 0.3) is 0 Å². The van der Waals surface area contributed by atoms with Gasteiger partial charge in [-0.05, 0) is 19.9 Å². The van der Waals surface area contributed by atoms with E-state index in [0.29, 0.717) is 24.6 Å². The molecule has 2 aliphatic rings. The number of rotatable bonds is 3. The molecule has 1 fully saturated rings. The molecule has 1 saturated heterocycles. The first-order valence-corrected chi connectivity index (χ1v) is 8.31. The summed E-state index contributed by atoms with van der Waals surface area (Å²) in [6.45, 7) is 1.00. The highest BCUT2D eigenvalue weighted by Gasteiger charge is 2.35. The van der Waals surface area contributed by atoms with Gasteiger partial charge in [0.15, 0.2) is 5.82 Å². The number of thioether (sulfide) groups is 1. The van der Waals surface area contributed by atoms with E-state index in [1.807, 2.05) is 23.9 Å². The van der Waals surface area contributed by atoms with E-state index in [1.54, 1.807) is 0 Å². The van der Waals surface area contributed by atoms with Crippen LogP contribution in [0.3, 0.4) is 0 Å². The summed E-state index contributed by atoms with van der Waals surface area (Å²) in [6.07, 6.45) is 5.08. The third-order valence-corrected chi connectivity index (χ3v) is 5.24. The first-order chi connectivity index (χ1) is 10.2. The zero-order valence-corrected chi connectivity index (χ0v) is 12.8. The highest BCUT2D eigenvalue weighted by atomic mass is 32.2. The van der Waals surface area contributed by atoms with E-state index in [4.69, 9.17) is 4.52 Å². The first kappa shape index (κ1) is 14.6. The Morgan fingerprint density at radius 3 is 3.05 bits per heavy atom. The van der Waals surface area contributed by atoms with Crippen molar-refractivity contribution in [2.24, 2.45) is 5.92 Å². The molecule has 0 amide bonds. The summed E-state index contributed by atoms with van der Waals surface area (Å²) in [5, 5.41) is 13.4. The van der Waals surface area contributed by atoms with Crippen molar-refractivity contribution in [3.63, 3.8) is 0 Å². The van der Waals surface area contributed by atoms with Crippen LogP contribution in [0.2, 0.25) is 0 Å². The summed E-state index contributed by atoms with van der Waals surface area (Å²) in [7, 11) is 2.06. The number of nitrogens with zero attached hydrogens (tertiary/aromatic N) is 3. The fourth-order valence-corrected chi connectivity index (χ4v) is 4.06. The Hall–Kier alpha value is -1.34. The number of carboxylic acids is 1. The molecule has 7 heteroatoms. The lowest BCUT2D eigenvalue weighted by Crippen LogP contribution is -2.33. The van der Waals surface area contributed by atoms with E-state index >= 15 is 0 Å². The average Bonchev–Trinajstić information content (AvgIpc) is 2.97. The summed E-state index contributed by atoms with van der Waals surface area (Å²) >= 11 is 1.88. The zero-order valence-electron chi connectivity index (χ0n) is 11.9. The third kappa shape index (κ3) is 2.98. The lowest BCUT2D eigenvalue weighted by atomic mass is 9.83. The number of hydrogen-bond acceptors (Lipinski definition) is 6. The van der Waals surface area contributed by atoms with E-state index in [0.717, 1.165) is 18.1 Å². The van der Waals surface area contributed by atoms with Gasteiger partial charge >= 0.3 is 5.97 Å². The molecule has 1 aromatic rings. The van der Waals surface area contributed by atoms with Crippen LogP contribution in [0, 0.1) is 5.92 Å². The van der Waals surface area contributed by atoms with Crippen LogP contribution in [0.25, 0.3) is 0 Å². The van der Waals surface area contributed by atoms with E-state index in [1.165, 1.54) is 0 Å². The molecule has 1 aromatic heterocycles. The minimum Gasteiger partial charge on any atom is -0.481 e. The van der Waals surface area contributed by atoms with Crippen LogP contribution >= 0.6 is 11.8 Å². The quantitative estimate of drug-likeness (QED) is 0.854. The Kier molecular flexibility index (Phi) is 4.30. The van der Waals surface area contributed by atoms with Crippen LogP contribution in [-0.4, -0.2) is 51.2 Å². The SMILES string of the molecule is CN1CCSCC1c1noc([C@@H]2CC=CC[C@@H]2C(=O)O)n1. The topological polar surface area (TPSA) is 79.5 Å². The Morgan fingerprint density at radius 1 is 1.48 bits per heavy atom. The molecule has 1 N–H and O–H groups in total. The van der Waals surface area contributed by atoms with Crippen LogP contribution in [0.1, 0.15) is 36.5 Å². The van der Waals surface area contributed by atoms with Crippen molar-refractivity contribution >= 4 is 17.7 Å². The van der Waals surface area contributed by atoms with Crippen LogP contribution in [0.5, 0.6) is 0 Å². The molecule has 2 heterocycles. The molecule has 21 heavy (non-hydrogen) atoms. The predicted octanol–water partition coefficient (Wildman–Crippen LogP) is 1.92. The number of aliphatic carboxylic acids is 1. The van der Waals surface area contributed by atoms with Crippen molar-refractivity contribution in [2.75, 3.05) is 25.1 Å². The average molecular weight is 309 g/mol. The lowest BCUT2D eigenvalue weighted by Gasteiger charge is -2.29. The normalized spacial score (nSPS) is 30.4. The second-order valence-electron chi connectivity index (χ2n) is 5.56. The largest absolute Gasteiger partial charge is 0.481 e. The van der Waals surface area contributed by atoms with Crippen LogP contribution in [0.4, 0.5) is 0 Å². The van der Waals surface area contributed by atoms with E-state index < -0.39 is 11.9 Å². The van der Waals surface area contributed by atoms with Gasteiger partial charge in [0.2, 0.25) is 5.89 Å². The molecule has 6 nitrogen and oxygen atoms in total. The molecular weight excluding hydrogens is 290 g/mol. The van der Waals surface area contributed by atoms with Gasteiger partial charge in [0, 0.05) is 18.1 Å². The smallest absolute Gasteiger partial charge is 0.307 e. The van der Waals surface area contributed by atoms with Crippen molar-refractivity contribution < 1.29 is 14.4 Å². The molecule has 0 aromatic carbocycles. The molecule has 0 spiro atoms. The number of aromatic nitrogens is 2. The highest BCUT2D eigenvalue weighted by molar-refractivity contribution is 7.99. The number of carboxylic acid groups (broad SMARTS) is 1. The maximum atomic E-state index is 11.4. The Balaban J connectivity index is 1.80. The Morgan fingerprint density at radius 2 is 2.29 bits per heavy atom. The first-order valence-electron chi connectivity index (χ1n) is 7.16. The van der Waals surface area contributed by atoms with Crippen LogP contribution < -0.4 is 0 Å². The van der Waals surface area contributed by atoms with E-state index in [-0.39, 0.29) is 12.0 Å². The van der Waals surface area contributed by atoms with Gasteiger partial charge in [-0.2, -0.15) is 16.7 Å². The second kappa shape index (κ2) is 6.19. The fourth-order valence-electron chi connectivity index (χ4n) is 2.85. The van der Waals surface area contributed by atoms with Crippen molar-refractivity contribution in [2.45, 2.75) is 24.8 Å². The summed E-state index contributed by atoms with van der Waals surface area (Å²) in [4.78, 5) is 18.1. The molecule has 0 radical (unpaired) electrons. The standard InChI is InChI=1S/C14H19N3O3S/c1-17-6-7-21-8-11(17)12-15-13(20-16-12)9-4-2-3-5-10(9)14(18)19/h2-3,9-11H,4-8H2,1H3,(H,18,19)/t9-,10+,11?/m1/s1. The molecule has 3 atom stereocenters. The number of hydrogen-bond donors (Lipinski definition) is 1. The molecule has 1 aliphatic carbocycles. The predicted molar refractivity (Wildman–Crippen MR) is 79.2 cm³/mol. The Labute approximate surface area is 127 Å². The molecule has 1 unspecified atom stereocenters. The van der Waals surface area contributed by atoms with Gasteiger partial charge in [-0.1, -0.05) is 17.3 Å². The number of allylic oxidation sites excluding steroid dienone is 2. The van der Waals surface area contributed by atoms with Crippen molar-refractivity contribution in [3.05, 3.63) is 23.9 Å². The van der Waals surface area contributed by atoms with E-state index in [9.17, 15) is 9.90 Å². The van der Waals surface area contributed by atoms with Crippen molar-refractivity contribution in [3.8, 4) is 0 Å². The molecule has 0 bridgehead atoms.